The van der Waals surface area contributed by atoms with Gasteiger partial charge in [0.1, 0.15) is 0 Å². The molecular weight excluding hydrogens is 422 g/mol. The molecule has 9 heteroatoms. The second-order valence-corrected chi connectivity index (χ2v) is 7.28. The quantitative estimate of drug-likeness (QED) is 0.365. The van der Waals surface area contributed by atoms with Crippen LogP contribution in [0, 0.1) is 17.0 Å². The Morgan fingerprint density at radius 1 is 1.00 bits per heavy atom. The molecule has 0 saturated carbocycles. The molecule has 0 unspecified atom stereocenters. The fourth-order valence-electron chi connectivity index (χ4n) is 3.33. The van der Waals surface area contributed by atoms with Gasteiger partial charge in [-0.2, -0.15) is 0 Å². The molecule has 0 atom stereocenters. The summed E-state index contributed by atoms with van der Waals surface area (Å²) in [7, 11) is 0. The number of imide groups is 1. The van der Waals surface area contributed by atoms with Crippen LogP contribution in [-0.2, 0) is 0 Å². The molecule has 3 aromatic rings. The summed E-state index contributed by atoms with van der Waals surface area (Å²) in [6.45, 7) is 1.80. The molecule has 0 spiro atoms. The number of anilines is 2. The van der Waals surface area contributed by atoms with E-state index in [0.29, 0.717) is 5.69 Å². The summed E-state index contributed by atoms with van der Waals surface area (Å²) in [5, 5.41) is 13.4. The number of hydrogen-bond acceptors (Lipinski definition) is 5. The first-order chi connectivity index (χ1) is 14.8. The van der Waals surface area contributed by atoms with E-state index in [0.717, 1.165) is 16.5 Å². The largest absolute Gasteiger partial charge is 0.321 e. The minimum atomic E-state index is -0.596. The Hall–Kier alpha value is -4.04. The highest BCUT2D eigenvalue weighted by Gasteiger charge is 2.37. The molecule has 0 fully saturated rings. The van der Waals surface area contributed by atoms with E-state index in [2.05, 4.69) is 5.32 Å². The second kappa shape index (κ2) is 7.66. The van der Waals surface area contributed by atoms with Crippen molar-refractivity contribution >= 4 is 46.4 Å². The average molecular weight is 436 g/mol. The first-order valence-electron chi connectivity index (χ1n) is 9.11. The number of carbonyl (C=O) groups excluding carboxylic acids is 3. The number of nitro benzene ring substituents is 1. The van der Waals surface area contributed by atoms with E-state index in [1.54, 1.807) is 25.1 Å². The van der Waals surface area contributed by atoms with E-state index >= 15 is 0 Å². The summed E-state index contributed by atoms with van der Waals surface area (Å²) < 4.78 is 0. The zero-order chi connectivity index (χ0) is 22.3. The highest BCUT2D eigenvalue weighted by Crippen LogP contribution is 2.32. The van der Waals surface area contributed by atoms with Crippen LogP contribution in [0.5, 0.6) is 0 Å². The predicted octanol–water partition coefficient (Wildman–Crippen LogP) is 4.61. The maximum Gasteiger partial charge on any atom is 0.271 e. The summed E-state index contributed by atoms with van der Waals surface area (Å²) in [6, 6.07) is 14.9. The fourth-order valence-corrected chi connectivity index (χ4v) is 3.55. The normalized spacial score (nSPS) is 12.6. The number of aryl methyl sites for hydroxylation is 1. The van der Waals surface area contributed by atoms with Crippen molar-refractivity contribution in [3.05, 3.63) is 98.1 Å². The van der Waals surface area contributed by atoms with Gasteiger partial charge in [-0.3, -0.25) is 24.5 Å². The number of fused-ring (bicyclic) bond motifs is 1. The van der Waals surface area contributed by atoms with E-state index in [1.807, 2.05) is 6.07 Å². The molecule has 0 radical (unpaired) electrons. The van der Waals surface area contributed by atoms with Gasteiger partial charge in [-0.25, -0.2) is 4.90 Å². The smallest absolute Gasteiger partial charge is 0.271 e. The van der Waals surface area contributed by atoms with Crippen LogP contribution in [0.4, 0.5) is 17.1 Å². The molecule has 0 aliphatic carbocycles. The van der Waals surface area contributed by atoms with Crippen molar-refractivity contribution in [3.8, 4) is 0 Å². The molecule has 154 valence electrons. The van der Waals surface area contributed by atoms with Crippen LogP contribution in [0.25, 0.3) is 0 Å². The summed E-state index contributed by atoms with van der Waals surface area (Å²) in [5.41, 5.74) is 1.69. The minimum Gasteiger partial charge on any atom is -0.321 e. The van der Waals surface area contributed by atoms with Gasteiger partial charge < -0.3 is 5.32 Å². The third kappa shape index (κ3) is 3.53. The van der Waals surface area contributed by atoms with Crippen LogP contribution in [-0.4, -0.2) is 22.6 Å². The summed E-state index contributed by atoms with van der Waals surface area (Å²) in [4.78, 5) is 49.7. The highest BCUT2D eigenvalue weighted by atomic mass is 35.5. The molecule has 31 heavy (non-hydrogen) atoms. The zero-order valence-corrected chi connectivity index (χ0v) is 16.8. The van der Waals surface area contributed by atoms with E-state index in [4.69, 9.17) is 11.6 Å². The third-order valence-corrected chi connectivity index (χ3v) is 5.23. The van der Waals surface area contributed by atoms with Crippen molar-refractivity contribution in [2.75, 3.05) is 10.2 Å². The van der Waals surface area contributed by atoms with Crippen molar-refractivity contribution in [2.45, 2.75) is 6.92 Å². The van der Waals surface area contributed by atoms with Gasteiger partial charge in [0.2, 0.25) is 0 Å². The van der Waals surface area contributed by atoms with Gasteiger partial charge in [-0.05, 0) is 42.8 Å². The van der Waals surface area contributed by atoms with E-state index in [9.17, 15) is 24.5 Å². The number of nitrogens with one attached hydrogen (secondary N) is 1. The average Bonchev–Trinajstić information content (AvgIpc) is 2.99. The van der Waals surface area contributed by atoms with Gasteiger partial charge >= 0.3 is 0 Å². The van der Waals surface area contributed by atoms with E-state index < -0.39 is 22.6 Å². The van der Waals surface area contributed by atoms with Crippen molar-refractivity contribution in [3.63, 3.8) is 0 Å². The monoisotopic (exact) mass is 435 g/mol. The number of non-ortho nitro benzene ring substituents is 1. The lowest BCUT2D eigenvalue weighted by Crippen LogP contribution is -2.29. The Kier molecular flexibility index (Phi) is 5.00. The SMILES string of the molecule is Cc1ccccc1N1C(=O)c2ccc(C(=O)Nc3ccc([N+](=O)[O-])cc3Cl)cc2C1=O. The number of carbonyl (C=O) groups is 3. The Morgan fingerprint density at radius 3 is 2.39 bits per heavy atom. The van der Waals surface area contributed by atoms with Crippen molar-refractivity contribution in [2.24, 2.45) is 0 Å². The number of nitrogens with zero attached hydrogens (tertiary/aromatic N) is 2. The van der Waals surface area contributed by atoms with Gasteiger partial charge in [-0.1, -0.05) is 29.8 Å². The topological polar surface area (TPSA) is 110 Å². The van der Waals surface area contributed by atoms with Gasteiger partial charge in [0.15, 0.2) is 0 Å². The maximum absolute atomic E-state index is 12.9. The summed E-state index contributed by atoms with van der Waals surface area (Å²) >= 11 is 6.02. The van der Waals surface area contributed by atoms with Gasteiger partial charge in [0.25, 0.3) is 23.4 Å². The minimum absolute atomic E-state index is 0.000641. The second-order valence-electron chi connectivity index (χ2n) is 6.87. The Bertz CT molecular complexity index is 1290. The number of para-hydroxylation sites is 1. The molecular formula is C22H14ClN3O5. The number of nitro groups is 1. The zero-order valence-electron chi connectivity index (χ0n) is 16.1. The number of hydrogen-bond donors (Lipinski definition) is 1. The van der Waals surface area contributed by atoms with Crippen molar-refractivity contribution < 1.29 is 19.3 Å². The van der Waals surface area contributed by atoms with Gasteiger partial charge in [0.05, 0.1) is 32.4 Å². The molecule has 0 aromatic heterocycles. The van der Waals surface area contributed by atoms with Gasteiger partial charge in [-0.15, -0.1) is 0 Å². The Balaban J connectivity index is 1.62. The van der Waals surface area contributed by atoms with Crippen molar-refractivity contribution in [1.82, 2.24) is 0 Å². The van der Waals surface area contributed by atoms with Crippen LogP contribution in [0.3, 0.4) is 0 Å². The molecule has 1 heterocycles. The molecule has 0 bridgehead atoms. The first kappa shape index (κ1) is 20.2. The maximum atomic E-state index is 12.9. The summed E-state index contributed by atoms with van der Waals surface area (Å²) in [5.74, 6) is -1.55. The molecule has 8 nitrogen and oxygen atoms in total. The number of amides is 3. The number of halogens is 1. The molecule has 4 rings (SSSR count). The molecule has 3 aromatic carbocycles. The highest BCUT2D eigenvalue weighted by molar-refractivity contribution is 6.35. The van der Waals surface area contributed by atoms with E-state index in [-0.39, 0.29) is 33.1 Å². The van der Waals surface area contributed by atoms with Crippen LogP contribution in [0.1, 0.15) is 36.6 Å². The Morgan fingerprint density at radius 2 is 1.71 bits per heavy atom. The molecule has 3 amide bonds. The standard InChI is InChI=1S/C22H14ClN3O5/c1-12-4-2-3-5-19(12)25-21(28)15-8-6-13(10-16(15)22(25)29)20(27)24-18-9-7-14(26(30)31)11-17(18)23/h2-11H,1H3,(H,24,27). The van der Waals surface area contributed by atoms with Crippen LogP contribution in [0.2, 0.25) is 5.02 Å². The van der Waals surface area contributed by atoms with Crippen LogP contribution >= 0.6 is 11.6 Å². The molecule has 1 N–H and O–H groups in total. The number of rotatable bonds is 4. The fraction of sp³-hybridized carbons (Fsp3) is 0.0455. The van der Waals surface area contributed by atoms with Crippen LogP contribution in [0.15, 0.2) is 60.7 Å². The van der Waals surface area contributed by atoms with Crippen LogP contribution < -0.4 is 10.2 Å². The molecule has 0 saturated heterocycles. The lowest BCUT2D eigenvalue weighted by atomic mass is 10.1. The first-order valence-corrected chi connectivity index (χ1v) is 9.49. The lowest BCUT2D eigenvalue weighted by Gasteiger charge is -2.16. The molecule has 1 aliphatic rings. The molecule has 1 aliphatic heterocycles. The summed E-state index contributed by atoms with van der Waals surface area (Å²) in [6.07, 6.45) is 0. The van der Waals surface area contributed by atoms with Crippen molar-refractivity contribution in [1.29, 1.82) is 0 Å². The third-order valence-electron chi connectivity index (χ3n) is 4.92. The van der Waals surface area contributed by atoms with E-state index in [1.165, 1.54) is 30.3 Å². The van der Waals surface area contributed by atoms with Gasteiger partial charge in [0, 0.05) is 17.7 Å². The number of benzene rings is 3. The Labute approximate surface area is 181 Å². The predicted molar refractivity (Wildman–Crippen MR) is 115 cm³/mol. The lowest BCUT2D eigenvalue weighted by molar-refractivity contribution is -0.384.